The number of hydrogen-bond acceptors (Lipinski definition) is 3. The van der Waals surface area contributed by atoms with Gasteiger partial charge in [0.2, 0.25) is 0 Å². The van der Waals surface area contributed by atoms with Crippen LogP contribution < -0.4 is 4.74 Å². The van der Waals surface area contributed by atoms with Crippen molar-refractivity contribution >= 4 is 0 Å². The molecule has 3 rings (SSSR count). The van der Waals surface area contributed by atoms with E-state index in [2.05, 4.69) is 16.9 Å². The summed E-state index contributed by atoms with van der Waals surface area (Å²) in [5, 5.41) is 0. The number of nitrogens with zero attached hydrogens (tertiary/aromatic N) is 1. The quantitative estimate of drug-likeness (QED) is 0.860. The zero-order valence-electron chi connectivity index (χ0n) is 11.4. The van der Waals surface area contributed by atoms with Gasteiger partial charge in [0, 0.05) is 18.3 Å². The summed E-state index contributed by atoms with van der Waals surface area (Å²) in [5.74, 6) is 1.99. The van der Waals surface area contributed by atoms with E-state index in [9.17, 15) is 0 Å². The first-order valence-corrected chi connectivity index (χ1v) is 6.58. The Bertz CT molecular complexity index is 478. The van der Waals surface area contributed by atoms with Crippen molar-refractivity contribution in [1.82, 2.24) is 9.97 Å². The molecule has 1 unspecified atom stereocenters. The van der Waals surface area contributed by atoms with Gasteiger partial charge in [-0.2, -0.15) is 0 Å². The highest BCUT2D eigenvalue weighted by Gasteiger charge is 2.22. The Morgan fingerprint density at radius 2 is 2.11 bits per heavy atom. The van der Waals surface area contributed by atoms with E-state index in [1.807, 2.05) is 43.5 Å². The van der Waals surface area contributed by atoms with Crippen molar-refractivity contribution < 1.29 is 9.47 Å². The van der Waals surface area contributed by atoms with Gasteiger partial charge in [0.25, 0.3) is 0 Å². The molecule has 1 N–H and O–H groups in total. The van der Waals surface area contributed by atoms with Crippen molar-refractivity contribution in [2.24, 2.45) is 0 Å². The molecule has 1 aromatic carbocycles. The molecule has 4 nitrogen and oxygen atoms in total. The smallest absolute Gasteiger partial charge is 0.119 e. The molecule has 102 valence electrons. The van der Waals surface area contributed by atoms with Gasteiger partial charge in [-0.1, -0.05) is 25.1 Å². The summed E-state index contributed by atoms with van der Waals surface area (Å²) in [6.07, 6.45) is 3.18. The highest BCUT2D eigenvalue weighted by molar-refractivity contribution is 5.20. The first-order valence-electron chi connectivity index (χ1n) is 6.58. The SMILES string of the molecule is CCc1ncc(C)[nH]1.c1ccc(OCC2CO2)cc1. The van der Waals surface area contributed by atoms with Crippen LogP contribution in [0.1, 0.15) is 18.4 Å². The minimum atomic E-state index is 0.343. The summed E-state index contributed by atoms with van der Waals surface area (Å²) >= 11 is 0. The Morgan fingerprint density at radius 3 is 2.58 bits per heavy atom. The molecule has 0 saturated carbocycles. The summed E-state index contributed by atoms with van der Waals surface area (Å²) in [7, 11) is 0. The van der Waals surface area contributed by atoms with Crippen molar-refractivity contribution in [3.8, 4) is 5.75 Å². The van der Waals surface area contributed by atoms with E-state index >= 15 is 0 Å². The summed E-state index contributed by atoms with van der Waals surface area (Å²) in [6.45, 7) is 5.63. The summed E-state index contributed by atoms with van der Waals surface area (Å²) in [4.78, 5) is 7.19. The number of ether oxygens (including phenoxy) is 2. The third-order valence-electron chi connectivity index (χ3n) is 2.67. The van der Waals surface area contributed by atoms with Crippen LogP contribution >= 0.6 is 0 Å². The number of aromatic amines is 1. The molecule has 1 saturated heterocycles. The number of aromatic nitrogens is 2. The number of imidazole rings is 1. The third-order valence-corrected chi connectivity index (χ3v) is 2.67. The first-order chi connectivity index (χ1) is 9.28. The van der Waals surface area contributed by atoms with Gasteiger partial charge in [-0.3, -0.25) is 0 Å². The monoisotopic (exact) mass is 260 g/mol. The largest absolute Gasteiger partial charge is 0.491 e. The molecule has 19 heavy (non-hydrogen) atoms. The molecule has 0 amide bonds. The van der Waals surface area contributed by atoms with Crippen LogP contribution in [0.4, 0.5) is 0 Å². The summed E-state index contributed by atoms with van der Waals surface area (Å²) in [6, 6.07) is 9.79. The molecule has 2 aromatic rings. The fourth-order valence-electron chi connectivity index (χ4n) is 1.52. The van der Waals surface area contributed by atoms with Crippen molar-refractivity contribution in [2.45, 2.75) is 26.4 Å². The standard InChI is InChI=1S/C9H10O2.C6H10N2/c1-2-4-8(5-3-1)10-6-9-7-11-9;1-3-6-7-4-5(2)8-6/h1-5,9H,6-7H2;4H,3H2,1-2H3,(H,7,8). The zero-order valence-corrected chi connectivity index (χ0v) is 11.4. The van der Waals surface area contributed by atoms with Gasteiger partial charge in [-0.05, 0) is 19.1 Å². The Kier molecular flexibility index (Phi) is 4.98. The summed E-state index contributed by atoms with van der Waals surface area (Å²) < 4.78 is 10.4. The van der Waals surface area contributed by atoms with E-state index in [4.69, 9.17) is 9.47 Å². The normalized spacial score (nSPS) is 16.4. The molecule has 4 heteroatoms. The van der Waals surface area contributed by atoms with E-state index in [1.54, 1.807) is 0 Å². The van der Waals surface area contributed by atoms with Gasteiger partial charge in [-0.15, -0.1) is 0 Å². The third kappa shape index (κ3) is 5.14. The van der Waals surface area contributed by atoms with Gasteiger partial charge in [0.1, 0.15) is 24.3 Å². The Balaban J connectivity index is 0.000000148. The molecule has 2 heterocycles. The number of epoxide rings is 1. The second kappa shape index (κ2) is 6.95. The van der Waals surface area contributed by atoms with Gasteiger partial charge in [0.05, 0.1) is 6.61 Å². The molecule has 1 fully saturated rings. The van der Waals surface area contributed by atoms with E-state index in [0.29, 0.717) is 12.7 Å². The topological polar surface area (TPSA) is 50.4 Å². The first kappa shape index (κ1) is 13.6. The molecule has 0 bridgehead atoms. The summed E-state index contributed by atoms with van der Waals surface area (Å²) in [5.41, 5.74) is 1.14. The van der Waals surface area contributed by atoms with Crippen LogP contribution in [0, 0.1) is 6.92 Å². The van der Waals surface area contributed by atoms with Crippen molar-refractivity contribution in [2.75, 3.05) is 13.2 Å². The van der Waals surface area contributed by atoms with Crippen molar-refractivity contribution in [1.29, 1.82) is 0 Å². The van der Waals surface area contributed by atoms with E-state index in [0.717, 1.165) is 30.3 Å². The second-order valence-electron chi connectivity index (χ2n) is 4.45. The maximum atomic E-state index is 5.40. The zero-order chi connectivity index (χ0) is 13.5. The average Bonchev–Trinajstić information content (AvgIpc) is 3.19. The fourth-order valence-corrected chi connectivity index (χ4v) is 1.52. The van der Waals surface area contributed by atoms with Crippen LogP contribution in [0.3, 0.4) is 0 Å². The molecule has 1 aromatic heterocycles. The van der Waals surface area contributed by atoms with Crippen LogP contribution in [-0.4, -0.2) is 29.3 Å². The lowest BCUT2D eigenvalue weighted by Gasteiger charge is -2.01. The number of benzene rings is 1. The lowest BCUT2D eigenvalue weighted by molar-refractivity contribution is 0.263. The van der Waals surface area contributed by atoms with Crippen molar-refractivity contribution in [3.05, 3.63) is 48.0 Å². The fraction of sp³-hybridized carbons (Fsp3) is 0.400. The van der Waals surface area contributed by atoms with E-state index in [1.165, 1.54) is 0 Å². The number of para-hydroxylation sites is 1. The van der Waals surface area contributed by atoms with Crippen LogP contribution in [0.25, 0.3) is 0 Å². The Hall–Kier alpha value is -1.81. The predicted octanol–water partition coefficient (Wildman–Crippen LogP) is 2.74. The number of H-pyrrole nitrogens is 1. The maximum absolute atomic E-state index is 5.40. The molecule has 0 radical (unpaired) electrons. The molecule has 1 aliphatic rings. The van der Waals surface area contributed by atoms with Gasteiger partial charge >= 0.3 is 0 Å². The Labute approximate surface area is 113 Å². The van der Waals surface area contributed by atoms with E-state index < -0.39 is 0 Å². The molecule has 1 aliphatic heterocycles. The lowest BCUT2D eigenvalue weighted by atomic mass is 10.3. The van der Waals surface area contributed by atoms with Crippen LogP contribution in [0.2, 0.25) is 0 Å². The number of hydrogen-bond donors (Lipinski definition) is 1. The average molecular weight is 260 g/mol. The lowest BCUT2D eigenvalue weighted by Crippen LogP contribution is -2.03. The van der Waals surface area contributed by atoms with Crippen LogP contribution in [0.15, 0.2) is 36.5 Å². The molecular weight excluding hydrogens is 240 g/mol. The van der Waals surface area contributed by atoms with Crippen LogP contribution in [0.5, 0.6) is 5.75 Å². The molecule has 1 atom stereocenters. The molecule has 0 spiro atoms. The predicted molar refractivity (Wildman–Crippen MR) is 74.4 cm³/mol. The minimum Gasteiger partial charge on any atom is -0.491 e. The van der Waals surface area contributed by atoms with Crippen LogP contribution in [-0.2, 0) is 11.2 Å². The minimum absolute atomic E-state index is 0.343. The Morgan fingerprint density at radius 1 is 1.37 bits per heavy atom. The maximum Gasteiger partial charge on any atom is 0.119 e. The number of nitrogens with one attached hydrogen (secondary N) is 1. The highest BCUT2D eigenvalue weighted by atomic mass is 16.6. The second-order valence-corrected chi connectivity index (χ2v) is 4.45. The van der Waals surface area contributed by atoms with Gasteiger partial charge < -0.3 is 14.5 Å². The van der Waals surface area contributed by atoms with Gasteiger partial charge in [-0.25, -0.2) is 4.98 Å². The van der Waals surface area contributed by atoms with E-state index in [-0.39, 0.29) is 0 Å². The number of aryl methyl sites for hydroxylation is 2. The molecular formula is C15H20N2O2. The number of rotatable bonds is 4. The van der Waals surface area contributed by atoms with Crippen molar-refractivity contribution in [3.63, 3.8) is 0 Å². The van der Waals surface area contributed by atoms with Gasteiger partial charge in [0.15, 0.2) is 0 Å². The highest BCUT2D eigenvalue weighted by Crippen LogP contribution is 2.13. The molecule has 0 aliphatic carbocycles.